The van der Waals surface area contributed by atoms with E-state index in [2.05, 4.69) is 25.7 Å². The summed E-state index contributed by atoms with van der Waals surface area (Å²) in [5.41, 5.74) is 4.84. The number of alkyl halides is 3. The molecule has 0 spiro atoms. The van der Waals surface area contributed by atoms with E-state index in [1.165, 1.54) is 23.0 Å². The predicted octanol–water partition coefficient (Wildman–Crippen LogP) is 3.44. The monoisotopic (exact) mass is 367 g/mol. The third kappa shape index (κ3) is 3.82. The number of benzene rings is 1. The molecule has 0 aliphatic carbocycles. The minimum Gasteiger partial charge on any atom is -0.399 e. The fourth-order valence-electron chi connectivity index (χ4n) is 2.13. The number of nitrogens with two attached hydrogens (primary N) is 1. The van der Waals surface area contributed by atoms with Crippen LogP contribution in [0.5, 0.6) is 0 Å². The minimum atomic E-state index is -4.73. The molecule has 0 atom stereocenters. The van der Waals surface area contributed by atoms with Crippen molar-refractivity contribution in [1.82, 2.24) is 19.7 Å². The van der Waals surface area contributed by atoms with Gasteiger partial charge in [0.2, 0.25) is 5.95 Å². The first-order valence-electron chi connectivity index (χ1n) is 7.24. The quantitative estimate of drug-likeness (QED) is 0.483. The average Bonchev–Trinajstić information content (AvgIpc) is 2.95. The molecule has 0 saturated carbocycles. The van der Waals surface area contributed by atoms with Crippen molar-refractivity contribution in [3.05, 3.63) is 48.2 Å². The summed E-state index contributed by atoms with van der Waals surface area (Å²) >= 11 is 0. The van der Waals surface area contributed by atoms with Crippen LogP contribution >= 0.6 is 0 Å². The Balaban J connectivity index is 1.99. The van der Waals surface area contributed by atoms with Gasteiger partial charge in [-0.1, -0.05) is 0 Å². The second-order valence-corrected chi connectivity index (χ2v) is 5.35. The van der Waals surface area contributed by atoms with Crippen molar-refractivity contribution < 1.29 is 17.6 Å². The molecular weight excluding hydrogens is 354 g/mol. The van der Waals surface area contributed by atoms with Gasteiger partial charge in [0.1, 0.15) is 17.2 Å². The molecule has 1 aromatic carbocycles. The molecule has 0 saturated heterocycles. The highest BCUT2D eigenvalue weighted by Crippen LogP contribution is 2.36. The number of halogens is 4. The Hall–Kier alpha value is -3.37. The van der Waals surface area contributed by atoms with E-state index in [9.17, 15) is 17.6 Å². The number of hydrogen-bond donors (Lipinski definition) is 3. The highest BCUT2D eigenvalue weighted by molar-refractivity contribution is 5.65. The first kappa shape index (κ1) is 17.5. The Bertz CT molecular complexity index is 936. The van der Waals surface area contributed by atoms with Crippen LogP contribution in [-0.4, -0.2) is 19.7 Å². The third-order valence-corrected chi connectivity index (χ3v) is 3.30. The lowest BCUT2D eigenvalue weighted by molar-refractivity contribution is -0.137. The number of anilines is 5. The fraction of sp³-hybridized carbons (Fsp3) is 0.133. The summed E-state index contributed by atoms with van der Waals surface area (Å²) in [5, 5.41) is 8.98. The topological polar surface area (TPSA) is 93.7 Å². The van der Waals surface area contributed by atoms with Crippen LogP contribution in [0.4, 0.5) is 46.4 Å². The predicted molar refractivity (Wildman–Crippen MR) is 87.6 cm³/mol. The van der Waals surface area contributed by atoms with Gasteiger partial charge in [-0.3, -0.25) is 4.68 Å². The van der Waals surface area contributed by atoms with Crippen molar-refractivity contribution in [2.24, 2.45) is 7.05 Å². The molecule has 3 aromatic rings. The molecule has 0 amide bonds. The minimum absolute atomic E-state index is 0.113. The van der Waals surface area contributed by atoms with Gasteiger partial charge in [0.05, 0.1) is 17.6 Å². The number of aryl methyl sites for hydroxylation is 1. The smallest absolute Gasteiger partial charge is 0.399 e. The maximum Gasteiger partial charge on any atom is 0.421 e. The SMILES string of the molecule is Cn1cc(Nc2ncc(C(F)(F)F)c(Nc3cc(N)ccc3F)n2)cn1. The highest BCUT2D eigenvalue weighted by Gasteiger charge is 2.35. The van der Waals surface area contributed by atoms with E-state index in [1.54, 1.807) is 13.2 Å². The van der Waals surface area contributed by atoms with Gasteiger partial charge in [0, 0.05) is 25.1 Å². The molecular formula is C15H13F4N7. The van der Waals surface area contributed by atoms with Crippen LogP contribution in [0.25, 0.3) is 0 Å². The van der Waals surface area contributed by atoms with Crippen LogP contribution in [0, 0.1) is 5.82 Å². The number of nitrogen functional groups attached to an aromatic ring is 1. The lowest BCUT2D eigenvalue weighted by Gasteiger charge is -2.15. The Morgan fingerprint density at radius 3 is 2.58 bits per heavy atom. The lowest BCUT2D eigenvalue weighted by Crippen LogP contribution is -2.13. The zero-order valence-corrected chi connectivity index (χ0v) is 13.3. The van der Waals surface area contributed by atoms with Crippen LogP contribution in [-0.2, 0) is 13.2 Å². The van der Waals surface area contributed by atoms with Gasteiger partial charge in [-0.05, 0) is 18.2 Å². The van der Waals surface area contributed by atoms with E-state index < -0.39 is 23.4 Å². The molecule has 2 heterocycles. The molecule has 0 fully saturated rings. The second-order valence-electron chi connectivity index (χ2n) is 5.35. The van der Waals surface area contributed by atoms with E-state index in [0.717, 1.165) is 6.07 Å². The molecule has 0 aliphatic rings. The maximum atomic E-state index is 13.9. The van der Waals surface area contributed by atoms with Gasteiger partial charge in [0.25, 0.3) is 0 Å². The highest BCUT2D eigenvalue weighted by atomic mass is 19.4. The van der Waals surface area contributed by atoms with Gasteiger partial charge in [-0.25, -0.2) is 9.37 Å². The van der Waals surface area contributed by atoms with E-state index in [-0.39, 0.29) is 17.3 Å². The molecule has 26 heavy (non-hydrogen) atoms. The van der Waals surface area contributed by atoms with Crippen LogP contribution in [0.2, 0.25) is 0 Å². The molecule has 4 N–H and O–H groups in total. The van der Waals surface area contributed by atoms with E-state index in [1.807, 2.05) is 0 Å². The van der Waals surface area contributed by atoms with Crippen molar-refractivity contribution in [1.29, 1.82) is 0 Å². The summed E-state index contributed by atoms with van der Waals surface area (Å²) in [6.07, 6.45) is -1.08. The van der Waals surface area contributed by atoms with Gasteiger partial charge < -0.3 is 16.4 Å². The van der Waals surface area contributed by atoms with Gasteiger partial charge in [-0.2, -0.15) is 23.3 Å². The standard InChI is InChI=1S/C15H13F4N7/c1-26-7-9(5-22-26)23-14-21-6-10(15(17,18)19)13(25-14)24-12-4-8(20)2-3-11(12)16/h2-7H,20H2,1H3,(H2,21,23,24,25). The lowest BCUT2D eigenvalue weighted by atomic mass is 10.2. The van der Waals surface area contributed by atoms with Crippen LogP contribution < -0.4 is 16.4 Å². The zero-order valence-electron chi connectivity index (χ0n) is 13.3. The maximum absolute atomic E-state index is 13.9. The zero-order chi connectivity index (χ0) is 18.9. The summed E-state index contributed by atoms with van der Waals surface area (Å²) in [5.74, 6) is -1.49. The number of nitrogens with zero attached hydrogens (tertiary/aromatic N) is 4. The Labute approximate surface area is 144 Å². The van der Waals surface area contributed by atoms with Crippen LogP contribution in [0.3, 0.4) is 0 Å². The first-order valence-corrected chi connectivity index (χ1v) is 7.24. The van der Waals surface area contributed by atoms with Crippen molar-refractivity contribution in [2.75, 3.05) is 16.4 Å². The number of rotatable bonds is 4. The van der Waals surface area contributed by atoms with Crippen molar-refractivity contribution in [3.63, 3.8) is 0 Å². The molecule has 0 radical (unpaired) electrons. The summed E-state index contributed by atoms with van der Waals surface area (Å²) in [6, 6.07) is 3.51. The largest absolute Gasteiger partial charge is 0.421 e. The molecule has 0 unspecified atom stereocenters. The Morgan fingerprint density at radius 1 is 1.15 bits per heavy atom. The van der Waals surface area contributed by atoms with Crippen LogP contribution in [0.15, 0.2) is 36.8 Å². The van der Waals surface area contributed by atoms with E-state index in [4.69, 9.17) is 5.73 Å². The number of aromatic nitrogens is 4. The van der Waals surface area contributed by atoms with E-state index in [0.29, 0.717) is 11.9 Å². The van der Waals surface area contributed by atoms with Crippen molar-refractivity contribution in [3.8, 4) is 0 Å². The van der Waals surface area contributed by atoms with E-state index >= 15 is 0 Å². The molecule has 11 heteroatoms. The second kappa shape index (κ2) is 6.50. The van der Waals surface area contributed by atoms with Crippen molar-refractivity contribution >= 4 is 28.8 Å². The Morgan fingerprint density at radius 2 is 1.92 bits per heavy atom. The number of nitrogens with one attached hydrogen (secondary N) is 2. The van der Waals surface area contributed by atoms with Gasteiger partial charge >= 0.3 is 6.18 Å². The first-order chi connectivity index (χ1) is 12.2. The van der Waals surface area contributed by atoms with Crippen LogP contribution in [0.1, 0.15) is 5.56 Å². The molecule has 0 aliphatic heterocycles. The average molecular weight is 367 g/mol. The summed E-state index contributed by atoms with van der Waals surface area (Å²) < 4.78 is 55.0. The summed E-state index contributed by atoms with van der Waals surface area (Å²) in [7, 11) is 1.67. The molecule has 3 rings (SSSR count). The molecule has 0 bridgehead atoms. The summed E-state index contributed by atoms with van der Waals surface area (Å²) in [4.78, 5) is 7.47. The van der Waals surface area contributed by atoms with Crippen molar-refractivity contribution in [2.45, 2.75) is 6.18 Å². The molecule has 136 valence electrons. The normalized spacial score (nSPS) is 11.4. The number of hydrogen-bond acceptors (Lipinski definition) is 6. The fourth-order valence-corrected chi connectivity index (χ4v) is 2.13. The summed E-state index contributed by atoms with van der Waals surface area (Å²) in [6.45, 7) is 0. The Kier molecular flexibility index (Phi) is 4.36. The molecule has 2 aromatic heterocycles. The third-order valence-electron chi connectivity index (χ3n) is 3.30. The van der Waals surface area contributed by atoms with Gasteiger partial charge in [0.15, 0.2) is 0 Å². The van der Waals surface area contributed by atoms with Gasteiger partial charge in [-0.15, -0.1) is 0 Å². The molecule has 7 nitrogen and oxygen atoms in total.